The van der Waals surface area contributed by atoms with Gasteiger partial charge in [-0.15, -0.1) is 0 Å². The van der Waals surface area contributed by atoms with Crippen LogP contribution in [0.2, 0.25) is 5.02 Å². The highest BCUT2D eigenvalue weighted by Gasteiger charge is 2.50. The minimum atomic E-state index is -3.06. The monoisotopic (exact) mass is 292 g/mol. The van der Waals surface area contributed by atoms with E-state index in [9.17, 15) is 13.6 Å². The van der Waals surface area contributed by atoms with Crippen LogP contribution in [-0.2, 0) is 0 Å². The number of amides is 1. The molecule has 2 rings (SSSR count). The molecule has 9 heteroatoms. The van der Waals surface area contributed by atoms with Gasteiger partial charge in [-0.05, 0) is 0 Å². The molecule has 1 fully saturated rings. The van der Waals surface area contributed by atoms with Gasteiger partial charge in [0.2, 0.25) is 5.95 Å². The highest BCUT2D eigenvalue weighted by Crippen LogP contribution is 2.33. The summed E-state index contributed by atoms with van der Waals surface area (Å²) in [6.45, 7) is -0.447. The molecule has 1 amide bonds. The van der Waals surface area contributed by atoms with Crippen LogP contribution in [0.4, 0.5) is 19.5 Å². The van der Waals surface area contributed by atoms with E-state index in [2.05, 4.69) is 15.3 Å². The second-order valence-corrected chi connectivity index (χ2v) is 4.55. The number of alkyl halides is 2. The molecule has 2 N–H and O–H groups in total. The molecule has 1 unspecified atom stereocenters. The van der Waals surface area contributed by atoms with Gasteiger partial charge in [0.15, 0.2) is 0 Å². The summed E-state index contributed by atoms with van der Waals surface area (Å²) >= 11 is 5.59. The summed E-state index contributed by atoms with van der Waals surface area (Å²) in [6.07, 6.45) is 0.797. The smallest absolute Gasteiger partial charge is 0.407 e. The fourth-order valence-electron chi connectivity index (χ4n) is 1.90. The average molecular weight is 293 g/mol. The number of carbonyl (C=O) groups is 1. The Kier molecular flexibility index (Phi) is 3.70. The average Bonchev–Trinajstić information content (AvgIpc) is 2.64. The van der Waals surface area contributed by atoms with Gasteiger partial charge >= 0.3 is 6.09 Å². The van der Waals surface area contributed by atoms with Crippen LogP contribution in [0.1, 0.15) is 6.42 Å². The van der Waals surface area contributed by atoms with E-state index in [1.54, 1.807) is 0 Å². The number of aromatic nitrogens is 2. The summed E-state index contributed by atoms with van der Waals surface area (Å²) < 4.78 is 27.2. The van der Waals surface area contributed by atoms with Gasteiger partial charge in [-0.3, -0.25) is 4.90 Å². The Morgan fingerprint density at radius 2 is 2.21 bits per heavy atom. The molecule has 1 atom stereocenters. The summed E-state index contributed by atoms with van der Waals surface area (Å²) in [5.74, 6) is -2.94. The van der Waals surface area contributed by atoms with Crippen molar-refractivity contribution in [3.05, 3.63) is 17.4 Å². The van der Waals surface area contributed by atoms with Crippen molar-refractivity contribution in [3.63, 3.8) is 0 Å². The maximum Gasteiger partial charge on any atom is 0.407 e. The maximum absolute atomic E-state index is 13.6. The van der Waals surface area contributed by atoms with Crippen molar-refractivity contribution in [1.82, 2.24) is 14.9 Å². The second kappa shape index (κ2) is 5.12. The molecule has 19 heavy (non-hydrogen) atoms. The SMILES string of the molecule is O=C(O)N1CCC(F)(F)C1CNc1ncc(Cl)cn1. The van der Waals surface area contributed by atoms with Crippen molar-refractivity contribution < 1.29 is 18.7 Å². The minimum absolute atomic E-state index is 0.123. The lowest BCUT2D eigenvalue weighted by Gasteiger charge is -2.25. The largest absolute Gasteiger partial charge is 0.465 e. The third-order valence-electron chi connectivity index (χ3n) is 2.87. The van der Waals surface area contributed by atoms with Crippen LogP contribution < -0.4 is 5.32 Å². The molecule has 1 saturated heterocycles. The van der Waals surface area contributed by atoms with Crippen molar-refractivity contribution in [2.75, 3.05) is 18.4 Å². The zero-order valence-corrected chi connectivity index (χ0v) is 10.4. The van der Waals surface area contributed by atoms with Crippen LogP contribution in [0.15, 0.2) is 12.4 Å². The van der Waals surface area contributed by atoms with Crippen LogP contribution in [0.3, 0.4) is 0 Å². The quantitative estimate of drug-likeness (QED) is 0.890. The minimum Gasteiger partial charge on any atom is -0.465 e. The number of anilines is 1. The first-order valence-corrected chi connectivity index (χ1v) is 5.87. The molecule has 0 bridgehead atoms. The van der Waals surface area contributed by atoms with Gasteiger partial charge in [0.25, 0.3) is 5.92 Å². The van der Waals surface area contributed by atoms with Gasteiger partial charge in [-0.2, -0.15) is 0 Å². The maximum atomic E-state index is 13.6. The Bertz CT molecular complexity index is 471. The van der Waals surface area contributed by atoms with Gasteiger partial charge in [0.1, 0.15) is 6.04 Å². The Morgan fingerprint density at radius 3 is 2.79 bits per heavy atom. The van der Waals surface area contributed by atoms with E-state index in [4.69, 9.17) is 16.7 Å². The summed E-state index contributed by atoms with van der Waals surface area (Å²) in [6, 6.07) is -1.43. The zero-order chi connectivity index (χ0) is 14.0. The van der Waals surface area contributed by atoms with Crippen molar-refractivity contribution in [1.29, 1.82) is 0 Å². The molecule has 1 aromatic heterocycles. The van der Waals surface area contributed by atoms with Crippen LogP contribution in [0, 0.1) is 0 Å². The highest BCUT2D eigenvalue weighted by molar-refractivity contribution is 6.30. The molecule has 0 saturated carbocycles. The van der Waals surface area contributed by atoms with Gasteiger partial charge in [0.05, 0.1) is 17.4 Å². The first-order chi connectivity index (χ1) is 8.90. The standard InChI is InChI=1S/C10H11ClF2N4O2/c11-6-3-14-8(15-4-6)16-5-7-10(12,13)1-2-17(7)9(18)19/h3-4,7H,1-2,5H2,(H,18,19)(H,14,15,16). The van der Waals surface area contributed by atoms with E-state index in [1.165, 1.54) is 12.4 Å². The summed E-state index contributed by atoms with van der Waals surface area (Å²) in [4.78, 5) is 19.2. The predicted molar refractivity (Wildman–Crippen MR) is 63.6 cm³/mol. The molecule has 0 radical (unpaired) electrons. The first-order valence-electron chi connectivity index (χ1n) is 5.49. The molecule has 1 aromatic rings. The number of hydrogen-bond donors (Lipinski definition) is 2. The second-order valence-electron chi connectivity index (χ2n) is 4.11. The molecule has 0 aliphatic carbocycles. The summed E-state index contributed by atoms with van der Waals surface area (Å²) in [5, 5.41) is 11.8. The Morgan fingerprint density at radius 1 is 1.58 bits per heavy atom. The number of hydrogen-bond acceptors (Lipinski definition) is 4. The predicted octanol–water partition coefficient (Wildman–Crippen LogP) is 1.93. The number of nitrogens with zero attached hydrogens (tertiary/aromatic N) is 3. The molecule has 1 aliphatic rings. The lowest BCUT2D eigenvalue weighted by Crippen LogP contribution is -2.46. The highest BCUT2D eigenvalue weighted by atomic mass is 35.5. The lowest BCUT2D eigenvalue weighted by molar-refractivity contribution is -0.0251. The van der Waals surface area contributed by atoms with E-state index in [-0.39, 0.29) is 19.0 Å². The first kappa shape index (κ1) is 13.7. The number of nitrogens with one attached hydrogen (secondary N) is 1. The number of likely N-dealkylation sites (tertiary alicyclic amines) is 1. The number of carboxylic acid groups (broad SMARTS) is 1. The van der Waals surface area contributed by atoms with Crippen LogP contribution >= 0.6 is 11.6 Å². The van der Waals surface area contributed by atoms with Crippen molar-refractivity contribution in [3.8, 4) is 0 Å². The molecule has 2 heterocycles. The molecular formula is C10H11ClF2N4O2. The van der Waals surface area contributed by atoms with Crippen molar-refractivity contribution in [2.24, 2.45) is 0 Å². The normalized spacial score (nSPS) is 21.4. The van der Waals surface area contributed by atoms with Gasteiger partial charge in [0, 0.05) is 19.5 Å². The van der Waals surface area contributed by atoms with Crippen molar-refractivity contribution >= 4 is 23.6 Å². The third-order valence-corrected chi connectivity index (χ3v) is 3.06. The fourth-order valence-corrected chi connectivity index (χ4v) is 2.00. The topological polar surface area (TPSA) is 78.4 Å². The number of rotatable bonds is 3. The van der Waals surface area contributed by atoms with Crippen molar-refractivity contribution in [2.45, 2.75) is 18.4 Å². The fraction of sp³-hybridized carbons (Fsp3) is 0.500. The molecule has 0 spiro atoms. The number of halogens is 3. The lowest BCUT2D eigenvalue weighted by atomic mass is 10.1. The van der Waals surface area contributed by atoms with E-state index in [1.807, 2.05) is 0 Å². The third kappa shape index (κ3) is 3.01. The van der Waals surface area contributed by atoms with E-state index in [0.29, 0.717) is 5.02 Å². The molecule has 6 nitrogen and oxygen atoms in total. The van der Waals surface area contributed by atoms with Crippen LogP contribution in [0.5, 0.6) is 0 Å². The summed E-state index contributed by atoms with van der Waals surface area (Å²) in [5.41, 5.74) is 0. The zero-order valence-electron chi connectivity index (χ0n) is 9.68. The van der Waals surface area contributed by atoms with E-state index >= 15 is 0 Å². The Labute approximate surface area is 112 Å². The van der Waals surface area contributed by atoms with E-state index < -0.39 is 24.5 Å². The van der Waals surface area contributed by atoms with Crippen LogP contribution in [-0.4, -0.2) is 51.1 Å². The molecule has 104 valence electrons. The van der Waals surface area contributed by atoms with Gasteiger partial charge in [-0.1, -0.05) is 11.6 Å². The summed E-state index contributed by atoms with van der Waals surface area (Å²) in [7, 11) is 0. The Hall–Kier alpha value is -1.70. The van der Waals surface area contributed by atoms with Crippen LogP contribution in [0.25, 0.3) is 0 Å². The van der Waals surface area contributed by atoms with Gasteiger partial charge < -0.3 is 10.4 Å². The van der Waals surface area contributed by atoms with E-state index in [0.717, 1.165) is 4.90 Å². The molecule has 0 aromatic carbocycles. The molecular weight excluding hydrogens is 282 g/mol. The Balaban J connectivity index is 2.03. The molecule has 1 aliphatic heterocycles. The van der Waals surface area contributed by atoms with Gasteiger partial charge in [-0.25, -0.2) is 23.5 Å².